The molecule has 1 saturated heterocycles. The average molecular weight is 927 g/mol. The number of carboxylic acid groups (broad SMARTS) is 1. The molecule has 2 saturated carbocycles. The largest absolute Gasteiger partial charge is 0.480 e. The fourth-order valence-corrected chi connectivity index (χ4v) is 10.4. The van der Waals surface area contributed by atoms with Gasteiger partial charge in [0.2, 0.25) is 0 Å². The van der Waals surface area contributed by atoms with Crippen molar-refractivity contribution in [3.8, 4) is 0 Å². The topological polar surface area (TPSA) is 271 Å². The second-order valence-corrected chi connectivity index (χ2v) is 18.4. The first-order valence-corrected chi connectivity index (χ1v) is 21.8. The van der Waals surface area contributed by atoms with Gasteiger partial charge < -0.3 is 54.7 Å². The van der Waals surface area contributed by atoms with Crippen LogP contribution in [0.4, 0.5) is 4.79 Å². The minimum atomic E-state index is -2.52. The molecule has 18 heteroatoms. The number of alkyl carbamates (subject to hydrolysis) is 1. The monoisotopic (exact) mass is 926 g/mol. The minimum Gasteiger partial charge on any atom is -0.480 e. The summed E-state index contributed by atoms with van der Waals surface area (Å²) in [5.74, 6) is -7.92. The molecule has 0 unspecified atom stereocenters. The number of rotatable bonds is 12. The Hall–Kier alpha value is -6.47. The van der Waals surface area contributed by atoms with Gasteiger partial charge in [0.25, 0.3) is 5.91 Å². The molecule has 0 spiro atoms. The summed E-state index contributed by atoms with van der Waals surface area (Å²) in [6, 6.07) is 20.9. The second-order valence-electron chi connectivity index (χ2n) is 18.4. The molecule has 3 aromatic carbocycles. The molecule has 2 amide bonds. The quantitative estimate of drug-likeness (QED) is 0.0864. The van der Waals surface area contributed by atoms with Gasteiger partial charge in [0.05, 0.1) is 35.6 Å². The molecule has 18 nitrogen and oxygen atoms in total. The summed E-state index contributed by atoms with van der Waals surface area (Å²) in [5, 5.41) is 52.3. The Bertz CT molecular complexity index is 2460. The number of aliphatic hydroxyl groups excluding tert-OH is 2. The van der Waals surface area contributed by atoms with E-state index in [0.717, 1.165) is 13.8 Å². The lowest BCUT2D eigenvalue weighted by Crippen LogP contribution is -2.82. The first-order chi connectivity index (χ1) is 31.6. The number of esters is 3. The van der Waals surface area contributed by atoms with Crippen LogP contribution < -0.4 is 10.6 Å². The fraction of sp³-hybridized carbons (Fsp3) is 0.449. The van der Waals surface area contributed by atoms with Gasteiger partial charge in [-0.3, -0.25) is 19.2 Å². The summed E-state index contributed by atoms with van der Waals surface area (Å²) in [6.45, 7) is 7.57. The standard InChI is InChI=1S/C49H54N2O16/c1-25-31(64-44(60)36(54)35(28-16-10-7-11-17-28)51-41(56)29-18-12-8-13-19-29)23-49(62)40(66-43(59)30-20-14-9-15-21-30)38-47(6,32(53)22-33-48(38,24-63-33)67-27(3)52)39(55)37(34(25)46(49,4)5)65-45(61)50-26(2)42(57)58/h7-21,26,31-33,35-38,40,53-54,62H,22-24H2,1-6H3,(H,50,61)(H,51,56)(H,57,58)/t26-,31-,32-,33+,35-,36+,37+,38-,40-,47+,48-,49+/m0/s1. The Balaban J connectivity index is 1.41. The van der Waals surface area contributed by atoms with Crippen LogP contribution in [0.1, 0.15) is 86.7 Å². The van der Waals surface area contributed by atoms with Crippen molar-refractivity contribution in [2.75, 3.05) is 6.61 Å². The number of aliphatic hydroxyl groups is 3. The highest BCUT2D eigenvalue weighted by atomic mass is 16.6. The smallest absolute Gasteiger partial charge is 0.408 e. The van der Waals surface area contributed by atoms with Crippen LogP contribution in [0.3, 0.4) is 0 Å². The lowest BCUT2D eigenvalue weighted by molar-refractivity contribution is -0.345. The van der Waals surface area contributed by atoms with Crippen molar-refractivity contribution in [2.45, 2.75) is 114 Å². The van der Waals surface area contributed by atoms with Gasteiger partial charge in [-0.2, -0.15) is 0 Å². The summed E-state index contributed by atoms with van der Waals surface area (Å²) in [6.07, 6.45) is -12.9. The Morgan fingerprint density at radius 3 is 1.97 bits per heavy atom. The zero-order chi connectivity index (χ0) is 48.8. The number of carboxylic acids is 1. The van der Waals surface area contributed by atoms with Crippen LogP contribution in [0, 0.1) is 16.7 Å². The maximum absolute atomic E-state index is 15.8. The molecule has 4 aliphatic rings. The minimum absolute atomic E-state index is 0.0158. The van der Waals surface area contributed by atoms with E-state index < -0.39 is 131 Å². The molecule has 2 bridgehead atoms. The van der Waals surface area contributed by atoms with Gasteiger partial charge >= 0.3 is 30.0 Å². The van der Waals surface area contributed by atoms with Crippen molar-refractivity contribution in [2.24, 2.45) is 16.7 Å². The highest BCUT2D eigenvalue weighted by molar-refractivity contribution is 5.96. The number of Topliss-reactive ketones (excluding diaryl/α,β-unsaturated/α-hetero) is 1. The predicted octanol–water partition coefficient (Wildman–Crippen LogP) is 3.37. The van der Waals surface area contributed by atoms with Crippen LogP contribution in [0.25, 0.3) is 0 Å². The first kappa shape index (κ1) is 48.5. The maximum Gasteiger partial charge on any atom is 0.408 e. The van der Waals surface area contributed by atoms with Gasteiger partial charge in [-0.1, -0.05) is 80.6 Å². The van der Waals surface area contributed by atoms with Crippen LogP contribution in [-0.2, 0) is 42.9 Å². The summed E-state index contributed by atoms with van der Waals surface area (Å²) in [7, 11) is 0. The first-order valence-electron chi connectivity index (χ1n) is 21.8. The molecule has 1 aliphatic heterocycles. The predicted molar refractivity (Wildman–Crippen MR) is 233 cm³/mol. The van der Waals surface area contributed by atoms with Crippen molar-refractivity contribution in [1.29, 1.82) is 0 Å². The van der Waals surface area contributed by atoms with Crippen molar-refractivity contribution >= 4 is 41.7 Å². The Morgan fingerprint density at radius 2 is 1.42 bits per heavy atom. The molecule has 12 atom stereocenters. The van der Waals surface area contributed by atoms with E-state index in [1.54, 1.807) is 66.7 Å². The average Bonchev–Trinajstić information content (AvgIpc) is 3.29. The molecular weight excluding hydrogens is 873 g/mol. The van der Waals surface area contributed by atoms with Crippen LogP contribution >= 0.6 is 0 Å². The number of amides is 2. The van der Waals surface area contributed by atoms with Gasteiger partial charge in [0.1, 0.15) is 30.0 Å². The SMILES string of the molecule is CC(=O)O[C@@]12CO[C@@H]1C[C@H](O)[C@@]1(C)C(=O)[C@H](OC(=O)N[C@@H](C)C(=O)O)C3=C(C)[C@@H](OC(=O)[C@H](O)[C@@H](NC(=O)c4ccccc4)c4ccccc4)C[C@@](O)([C@@H](OC(=O)c4ccccc4)[C@H]21)C3(C)C. The second kappa shape index (κ2) is 18.3. The van der Waals surface area contributed by atoms with Crippen LogP contribution in [0.2, 0.25) is 0 Å². The third kappa shape index (κ3) is 8.47. The van der Waals surface area contributed by atoms with Gasteiger partial charge in [0, 0.05) is 30.7 Å². The number of ketones is 1. The number of hydrogen-bond acceptors (Lipinski definition) is 15. The molecule has 0 radical (unpaired) electrons. The van der Waals surface area contributed by atoms with E-state index in [-0.39, 0.29) is 28.7 Å². The Morgan fingerprint density at radius 1 is 0.836 bits per heavy atom. The number of nitrogens with one attached hydrogen (secondary N) is 2. The van der Waals surface area contributed by atoms with E-state index in [1.165, 1.54) is 52.0 Å². The zero-order valence-corrected chi connectivity index (χ0v) is 37.7. The molecule has 3 aromatic rings. The van der Waals surface area contributed by atoms with E-state index in [4.69, 9.17) is 23.7 Å². The molecular formula is C49H54N2O16. The highest BCUT2D eigenvalue weighted by Gasteiger charge is 2.78. The lowest BCUT2D eigenvalue weighted by atomic mass is 9.44. The number of aliphatic carboxylic acids is 1. The number of carbonyl (C=O) groups excluding carboxylic acids is 6. The molecule has 3 fully saturated rings. The van der Waals surface area contributed by atoms with Gasteiger partial charge in [0.15, 0.2) is 23.6 Å². The van der Waals surface area contributed by atoms with Crippen LogP contribution in [-0.4, -0.2) is 123 Å². The summed E-state index contributed by atoms with van der Waals surface area (Å²) < 4.78 is 30.3. The number of fused-ring (bicyclic) bond motifs is 5. The number of benzene rings is 3. The normalized spacial score (nSPS) is 30.7. The van der Waals surface area contributed by atoms with Crippen molar-refractivity contribution in [3.63, 3.8) is 0 Å². The third-order valence-corrected chi connectivity index (χ3v) is 14.1. The van der Waals surface area contributed by atoms with E-state index in [2.05, 4.69) is 10.6 Å². The number of hydrogen-bond donors (Lipinski definition) is 6. The Labute approximate surface area is 385 Å². The summed E-state index contributed by atoms with van der Waals surface area (Å²) >= 11 is 0. The fourth-order valence-electron chi connectivity index (χ4n) is 10.4. The van der Waals surface area contributed by atoms with Crippen molar-refractivity contribution < 1.29 is 77.7 Å². The van der Waals surface area contributed by atoms with Crippen LogP contribution in [0.5, 0.6) is 0 Å². The zero-order valence-electron chi connectivity index (χ0n) is 37.7. The Kier molecular flexibility index (Phi) is 13.2. The molecule has 67 heavy (non-hydrogen) atoms. The van der Waals surface area contributed by atoms with Gasteiger partial charge in [-0.15, -0.1) is 0 Å². The summed E-state index contributed by atoms with van der Waals surface area (Å²) in [4.78, 5) is 96.7. The molecule has 0 aromatic heterocycles. The molecule has 1 heterocycles. The molecule has 3 aliphatic carbocycles. The van der Waals surface area contributed by atoms with E-state index in [0.29, 0.717) is 5.56 Å². The highest BCUT2D eigenvalue weighted by Crippen LogP contribution is 2.64. The lowest BCUT2D eigenvalue weighted by Gasteiger charge is -2.67. The molecule has 356 valence electrons. The van der Waals surface area contributed by atoms with Gasteiger partial charge in [-0.05, 0) is 61.7 Å². The third-order valence-electron chi connectivity index (χ3n) is 14.1. The van der Waals surface area contributed by atoms with Crippen molar-refractivity contribution in [1.82, 2.24) is 10.6 Å². The number of ether oxygens (including phenoxy) is 5. The van der Waals surface area contributed by atoms with Gasteiger partial charge in [-0.25, -0.2) is 14.4 Å². The van der Waals surface area contributed by atoms with E-state index in [1.807, 2.05) is 0 Å². The summed E-state index contributed by atoms with van der Waals surface area (Å²) in [5.41, 5.74) is -8.02. The van der Waals surface area contributed by atoms with E-state index in [9.17, 15) is 49.2 Å². The molecule has 7 rings (SSSR count). The maximum atomic E-state index is 15.8. The van der Waals surface area contributed by atoms with E-state index >= 15 is 4.79 Å². The van der Waals surface area contributed by atoms with Crippen LogP contribution in [0.15, 0.2) is 102 Å². The number of carbonyl (C=O) groups is 7. The van der Waals surface area contributed by atoms with Crippen molar-refractivity contribution in [3.05, 3.63) is 119 Å². The molecule has 6 N–H and O–H groups in total.